The van der Waals surface area contributed by atoms with Gasteiger partial charge in [-0.05, 0) is 59.2 Å². The molecule has 1 rings (SSSR count). The molecule has 90 valence electrons. The van der Waals surface area contributed by atoms with E-state index in [2.05, 4.69) is 31.1 Å². The maximum absolute atomic E-state index is 8.85. The van der Waals surface area contributed by atoms with Gasteiger partial charge in [0, 0.05) is 18.7 Å². The molecule has 1 saturated heterocycles. The van der Waals surface area contributed by atoms with Crippen LogP contribution in [0.5, 0.6) is 0 Å². The summed E-state index contributed by atoms with van der Waals surface area (Å²) in [5.41, 5.74) is 0. The molecule has 0 amide bonds. The molecule has 1 aliphatic heterocycles. The highest BCUT2D eigenvalue weighted by Gasteiger charge is 2.22. The minimum Gasteiger partial charge on any atom is -0.396 e. The molecule has 1 heterocycles. The summed E-state index contributed by atoms with van der Waals surface area (Å²) in [4.78, 5) is 2.40. The van der Waals surface area contributed by atoms with Gasteiger partial charge in [-0.3, -0.25) is 0 Å². The van der Waals surface area contributed by atoms with Crippen molar-refractivity contribution >= 4 is 0 Å². The Hall–Kier alpha value is -0.120. The van der Waals surface area contributed by atoms with Crippen molar-refractivity contribution in [3.8, 4) is 0 Å². The monoisotopic (exact) mass is 214 g/mol. The van der Waals surface area contributed by atoms with E-state index in [4.69, 9.17) is 5.11 Å². The van der Waals surface area contributed by atoms with Gasteiger partial charge in [0.1, 0.15) is 0 Å². The lowest BCUT2D eigenvalue weighted by Crippen LogP contribution is -2.44. The van der Waals surface area contributed by atoms with Crippen LogP contribution in [0.25, 0.3) is 0 Å². The van der Waals surface area contributed by atoms with Gasteiger partial charge in [0.2, 0.25) is 0 Å². The van der Waals surface area contributed by atoms with Gasteiger partial charge in [-0.2, -0.15) is 0 Å². The fourth-order valence-electron chi connectivity index (χ4n) is 2.39. The largest absolute Gasteiger partial charge is 0.396 e. The predicted octanol–water partition coefficient (Wildman–Crippen LogP) is 1.08. The van der Waals surface area contributed by atoms with Crippen molar-refractivity contribution in [3.05, 3.63) is 0 Å². The van der Waals surface area contributed by atoms with Crippen molar-refractivity contribution in [2.75, 3.05) is 26.7 Å². The number of hydrogen-bond donors (Lipinski definition) is 2. The zero-order chi connectivity index (χ0) is 11.3. The molecule has 3 nitrogen and oxygen atoms in total. The summed E-state index contributed by atoms with van der Waals surface area (Å²) in [6, 6.07) is 1.02. The minimum absolute atomic E-state index is 0.286. The highest BCUT2D eigenvalue weighted by molar-refractivity contribution is 4.80. The number of hydrogen-bond acceptors (Lipinski definition) is 3. The summed E-state index contributed by atoms with van der Waals surface area (Å²) in [6.45, 7) is 7.18. The highest BCUT2D eigenvalue weighted by Crippen LogP contribution is 2.19. The molecule has 0 radical (unpaired) electrons. The Balaban J connectivity index is 2.24. The molecule has 1 fully saturated rings. The number of aliphatic hydroxyl groups is 1. The van der Waals surface area contributed by atoms with Crippen LogP contribution in [0.2, 0.25) is 0 Å². The molecule has 1 aliphatic rings. The average molecular weight is 214 g/mol. The second kappa shape index (κ2) is 6.46. The summed E-state index contributed by atoms with van der Waals surface area (Å²) in [6.07, 6.45) is 3.46. The zero-order valence-corrected chi connectivity index (χ0v) is 10.4. The van der Waals surface area contributed by atoms with Gasteiger partial charge in [-0.1, -0.05) is 0 Å². The van der Waals surface area contributed by atoms with Crippen molar-refractivity contribution in [2.24, 2.45) is 5.92 Å². The fraction of sp³-hybridized carbons (Fsp3) is 1.00. The second-order valence-corrected chi connectivity index (χ2v) is 5.01. The lowest BCUT2D eigenvalue weighted by atomic mass is 9.90. The molecule has 3 heteroatoms. The number of likely N-dealkylation sites (tertiary alicyclic amines) is 1. The van der Waals surface area contributed by atoms with Crippen LogP contribution < -0.4 is 5.32 Å². The van der Waals surface area contributed by atoms with Gasteiger partial charge in [-0.25, -0.2) is 0 Å². The zero-order valence-electron chi connectivity index (χ0n) is 10.4. The molecule has 0 aromatic carbocycles. The minimum atomic E-state index is 0.286. The molecule has 0 aromatic rings. The molecule has 0 saturated carbocycles. The van der Waals surface area contributed by atoms with Gasteiger partial charge in [-0.15, -0.1) is 0 Å². The lowest BCUT2D eigenvalue weighted by Gasteiger charge is -2.34. The molecule has 1 unspecified atom stereocenters. The molecule has 0 spiro atoms. The number of aliphatic hydroxyl groups excluding tert-OH is 1. The van der Waals surface area contributed by atoms with Crippen LogP contribution in [-0.2, 0) is 0 Å². The van der Waals surface area contributed by atoms with Crippen LogP contribution in [0.3, 0.4) is 0 Å². The van der Waals surface area contributed by atoms with Crippen molar-refractivity contribution in [2.45, 2.75) is 45.2 Å². The first-order valence-electron chi connectivity index (χ1n) is 6.19. The lowest BCUT2D eigenvalue weighted by molar-refractivity contribution is 0.179. The maximum Gasteiger partial charge on any atom is 0.0445 e. The van der Waals surface area contributed by atoms with Crippen LogP contribution in [-0.4, -0.2) is 48.8 Å². The van der Waals surface area contributed by atoms with Gasteiger partial charge in [0.15, 0.2) is 0 Å². The van der Waals surface area contributed by atoms with Crippen LogP contribution in [0.15, 0.2) is 0 Å². The summed E-state index contributed by atoms with van der Waals surface area (Å²) < 4.78 is 0. The smallest absolute Gasteiger partial charge is 0.0445 e. The summed E-state index contributed by atoms with van der Waals surface area (Å²) >= 11 is 0. The number of nitrogens with one attached hydrogen (secondary N) is 1. The van der Waals surface area contributed by atoms with Gasteiger partial charge < -0.3 is 15.3 Å². The average Bonchev–Trinajstić information content (AvgIpc) is 2.18. The molecule has 2 atom stereocenters. The Morgan fingerprint density at radius 1 is 1.33 bits per heavy atom. The van der Waals surface area contributed by atoms with Crippen LogP contribution >= 0.6 is 0 Å². The molecular formula is C12H26N2O. The number of piperidine rings is 1. The molecule has 0 bridgehead atoms. The highest BCUT2D eigenvalue weighted by atomic mass is 16.3. The van der Waals surface area contributed by atoms with Crippen LogP contribution in [0.1, 0.15) is 33.1 Å². The third kappa shape index (κ3) is 4.49. The van der Waals surface area contributed by atoms with Gasteiger partial charge >= 0.3 is 0 Å². The third-order valence-corrected chi connectivity index (χ3v) is 3.58. The molecule has 2 N–H and O–H groups in total. The standard InChI is InChI=1S/C12H26N2O/c1-10(6-9-15)13-11(2)12-4-7-14(3)8-5-12/h10-13,15H,4-9H2,1-3H3/t10-,11?/m1/s1. The quantitative estimate of drug-likeness (QED) is 0.719. The Labute approximate surface area is 93.9 Å². The van der Waals surface area contributed by atoms with Crippen molar-refractivity contribution < 1.29 is 5.11 Å². The molecule has 15 heavy (non-hydrogen) atoms. The van der Waals surface area contributed by atoms with Crippen LogP contribution in [0, 0.1) is 5.92 Å². The predicted molar refractivity (Wildman–Crippen MR) is 64.0 cm³/mol. The summed E-state index contributed by atoms with van der Waals surface area (Å²) in [5, 5.41) is 12.4. The summed E-state index contributed by atoms with van der Waals surface area (Å²) in [7, 11) is 2.20. The van der Waals surface area contributed by atoms with Crippen molar-refractivity contribution in [1.29, 1.82) is 0 Å². The topological polar surface area (TPSA) is 35.5 Å². The van der Waals surface area contributed by atoms with E-state index in [9.17, 15) is 0 Å². The van der Waals surface area contributed by atoms with E-state index < -0.39 is 0 Å². The van der Waals surface area contributed by atoms with Crippen molar-refractivity contribution in [3.63, 3.8) is 0 Å². The maximum atomic E-state index is 8.85. The van der Waals surface area contributed by atoms with E-state index in [0.717, 1.165) is 12.3 Å². The Morgan fingerprint density at radius 3 is 2.47 bits per heavy atom. The summed E-state index contributed by atoms with van der Waals surface area (Å²) in [5.74, 6) is 0.808. The SMILES string of the molecule is CC(N[C@H](C)CCO)C1CCN(C)CC1. The molecule has 0 aliphatic carbocycles. The first kappa shape index (κ1) is 12.9. The Kier molecular flexibility index (Phi) is 5.58. The van der Waals surface area contributed by atoms with E-state index in [1.165, 1.54) is 25.9 Å². The second-order valence-electron chi connectivity index (χ2n) is 5.01. The van der Waals surface area contributed by atoms with E-state index in [1.54, 1.807) is 0 Å². The van der Waals surface area contributed by atoms with Crippen LogP contribution in [0.4, 0.5) is 0 Å². The van der Waals surface area contributed by atoms with E-state index in [-0.39, 0.29) is 6.61 Å². The van der Waals surface area contributed by atoms with Gasteiger partial charge in [0.25, 0.3) is 0 Å². The first-order chi connectivity index (χ1) is 7.13. The third-order valence-electron chi connectivity index (χ3n) is 3.58. The molecule has 0 aromatic heterocycles. The van der Waals surface area contributed by atoms with Crippen molar-refractivity contribution in [1.82, 2.24) is 10.2 Å². The molecular weight excluding hydrogens is 188 g/mol. The van der Waals surface area contributed by atoms with E-state index in [0.29, 0.717) is 12.1 Å². The van der Waals surface area contributed by atoms with Gasteiger partial charge in [0.05, 0.1) is 0 Å². The normalized spacial score (nSPS) is 24.0. The number of rotatable bonds is 5. The fourth-order valence-corrected chi connectivity index (χ4v) is 2.39. The number of nitrogens with zero attached hydrogens (tertiary/aromatic N) is 1. The first-order valence-corrected chi connectivity index (χ1v) is 6.19. The van der Waals surface area contributed by atoms with E-state index >= 15 is 0 Å². The Morgan fingerprint density at radius 2 is 1.93 bits per heavy atom. The van der Waals surface area contributed by atoms with E-state index in [1.807, 2.05) is 0 Å². The Bertz CT molecular complexity index is 167.